The first-order valence-corrected chi connectivity index (χ1v) is 7.37. The maximum absolute atomic E-state index is 11.9. The fourth-order valence-corrected chi connectivity index (χ4v) is 2.54. The SMILES string of the molecule is CCNCC(C)C(=O)NCC(C)(C)c1cccs1. The molecule has 0 fully saturated rings. The number of amides is 1. The highest BCUT2D eigenvalue weighted by atomic mass is 32.1. The highest BCUT2D eigenvalue weighted by Crippen LogP contribution is 2.26. The highest BCUT2D eigenvalue weighted by Gasteiger charge is 2.23. The van der Waals surface area contributed by atoms with E-state index >= 15 is 0 Å². The van der Waals surface area contributed by atoms with Crippen molar-refractivity contribution in [3.8, 4) is 0 Å². The Morgan fingerprint density at radius 2 is 2.22 bits per heavy atom. The monoisotopic (exact) mass is 268 g/mol. The Labute approximate surface area is 114 Å². The topological polar surface area (TPSA) is 41.1 Å². The standard InChI is InChI=1S/C14H24N2OS/c1-5-15-9-11(2)13(17)16-10-14(3,4)12-7-6-8-18-12/h6-8,11,15H,5,9-10H2,1-4H3,(H,16,17). The van der Waals surface area contributed by atoms with Crippen molar-refractivity contribution in [3.05, 3.63) is 22.4 Å². The molecule has 2 N–H and O–H groups in total. The first-order chi connectivity index (χ1) is 8.47. The molecule has 0 radical (unpaired) electrons. The molecule has 0 aliphatic heterocycles. The van der Waals surface area contributed by atoms with E-state index in [1.165, 1.54) is 4.88 Å². The molecule has 4 heteroatoms. The van der Waals surface area contributed by atoms with E-state index in [0.29, 0.717) is 6.54 Å². The van der Waals surface area contributed by atoms with Gasteiger partial charge in [-0.3, -0.25) is 4.79 Å². The molecule has 0 saturated heterocycles. The van der Waals surface area contributed by atoms with Crippen LogP contribution in [0.15, 0.2) is 17.5 Å². The molecular formula is C14H24N2OS. The third-order valence-electron chi connectivity index (χ3n) is 3.04. The fraction of sp³-hybridized carbons (Fsp3) is 0.643. The zero-order valence-electron chi connectivity index (χ0n) is 11.7. The van der Waals surface area contributed by atoms with E-state index in [9.17, 15) is 4.79 Å². The maximum Gasteiger partial charge on any atom is 0.224 e. The smallest absolute Gasteiger partial charge is 0.224 e. The summed E-state index contributed by atoms with van der Waals surface area (Å²) in [5.41, 5.74) is 0.00172. The number of carbonyl (C=O) groups is 1. The lowest BCUT2D eigenvalue weighted by atomic mass is 9.91. The summed E-state index contributed by atoms with van der Waals surface area (Å²) in [6.07, 6.45) is 0. The first kappa shape index (κ1) is 15.2. The van der Waals surface area contributed by atoms with Gasteiger partial charge in [0.15, 0.2) is 0 Å². The lowest BCUT2D eigenvalue weighted by Gasteiger charge is -2.24. The summed E-state index contributed by atoms with van der Waals surface area (Å²) in [4.78, 5) is 13.2. The number of thiophene rings is 1. The van der Waals surface area contributed by atoms with Crippen molar-refractivity contribution in [1.82, 2.24) is 10.6 Å². The van der Waals surface area contributed by atoms with Crippen molar-refractivity contribution in [3.63, 3.8) is 0 Å². The van der Waals surface area contributed by atoms with E-state index < -0.39 is 0 Å². The van der Waals surface area contributed by atoms with Gasteiger partial charge in [-0.25, -0.2) is 0 Å². The zero-order chi connectivity index (χ0) is 13.6. The summed E-state index contributed by atoms with van der Waals surface area (Å²) in [6.45, 7) is 10.6. The van der Waals surface area contributed by atoms with Crippen LogP contribution in [0.4, 0.5) is 0 Å². The predicted octanol–water partition coefficient (Wildman–Crippen LogP) is 2.39. The van der Waals surface area contributed by atoms with Crippen LogP contribution in [0.1, 0.15) is 32.6 Å². The van der Waals surface area contributed by atoms with Crippen molar-refractivity contribution < 1.29 is 4.79 Å². The van der Waals surface area contributed by atoms with Crippen molar-refractivity contribution >= 4 is 17.2 Å². The number of hydrogen-bond donors (Lipinski definition) is 2. The summed E-state index contributed by atoms with van der Waals surface area (Å²) in [7, 11) is 0. The summed E-state index contributed by atoms with van der Waals surface area (Å²) in [5, 5.41) is 8.32. The average Bonchev–Trinajstić information content (AvgIpc) is 2.87. The maximum atomic E-state index is 11.9. The van der Waals surface area contributed by atoms with Crippen LogP contribution >= 0.6 is 11.3 Å². The van der Waals surface area contributed by atoms with Gasteiger partial charge in [0, 0.05) is 29.3 Å². The molecule has 0 saturated carbocycles. The largest absolute Gasteiger partial charge is 0.355 e. The highest BCUT2D eigenvalue weighted by molar-refractivity contribution is 7.10. The van der Waals surface area contributed by atoms with Gasteiger partial charge < -0.3 is 10.6 Å². The van der Waals surface area contributed by atoms with E-state index in [1.807, 2.05) is 13.8 Å². The molecule has 18 heavy (non-hydrogen) atoms. The van der Waals surface area contributed by atoms with Crippen molar-refractivity contribution in [2.75, 3.05) is 19.6 Å². The Morgan fingerprint density at radius 1 is 1.50 bits per heavy atom. The molecular weight excluding hydrogens is 244 g/mol. The molecule has 0 aliphatic rings. The normalized spacial score (nSPS) is 13.3. The van der Waals surface area contributed by atoms with Gasteiger partial charge in [-0.05, 0) is 18.0 Å². The second kappa shape index (κ2) is 6.90. The van der Waals surface area contributed by atoms with Gasteiger partial charge >= 0.3 is 0 Å². The van der Waals surface area contributed by atoms with Crippen molar-refractivity contribution in [2.45, 2.75) is 33.1 Å². The summed E-state index contributed by atoms with van der Waals surface area (Å²) in [6, 6.07) is 4.18. The van der Waals surface area contributed by atoms with Crippen LogP contribution in [0.2, 0.25) is 0 Å². The number of rotatable bonds is 7. The predicted molar refractivity (Wildman–Crippen MR) is 78.1 cm³/mol. The molecule has 1 aromatic rings. The molecule has 0 aromatic carbocycles. The molecule has 0 aliphatic carbocycles. The summed E-state index contributed by atoms with van der Waals surface area (Å²) >= 11 is 1.74. The molecule has 1 rings (SSSR count). The quantitative estimate of drug-likeness (QED) is 0.797. The summed E-state index contributed by atoms with van der Waals surface area (Å²) in [5.74, 6) is 0.143. The molecule has 0 bridgehead atoms. The van der Waals surface area contributed by atoms with Crippen LogP contribution in [0, 0.1) is 5.92 Å². The molecule has 1 atom stereocenters. The second-order valence-corrected chi connectivity index (χ2v) is 6.24. The Kier molecular flexibility index (Phi) is 5.82. The lowest BCUT2D eigenvalue weighted by Crippen LogP contribution is -2.41. The van der Waals surface area contributed by atoms with Crippen LogP contribution in [-0.4, -0.2) is 25.5 Å². The van der Waals surface area contributed by atoms with Gasteiger partial charge in [-0.2, -0.15) is 0 Å². The van der Waals surface area contributed by atoms with Crippen molar-refractivity contribution in [2.24, 2.45) is 5.92 Å². The number of nitrogens with one attached hydrogen (secondary N) is 2. The third-order valence-corrected chi connectivity index (χ3v) is 4.28. The molecule has 0 spiro atoms. The average molecular weight is 268 g/mol. The van der Waals surface area contributed by atoms with E-state index in [0.717, 1.165) is 13.1 Å². The molecule has 1 unspecified atom stereocenters. The molecule has 1 amide bonds. The Balaban J connectivity index is 2.42. The van der Waals surface area contributed by atoms with Gasteiger partial charge in [0.2, 0.25) is 5.91 Å². The Morgan fingerprint density at radius 3 is 2.78 bits per heavy atom. The Hall–Kier alpha value is -0.870. The molecule has 3 nitrogen and oxygen atoms in total. The Bertz CT molecular complexity index is 360. The second-order valence-electron chi connectivity index (χ2n) is 5.29. The van der Waals surface area contributed by atoms with E-state index in [1.54, 1.807) is 11.3 Å². The van der Waals surface area contributed by atoms with Gasteiger partial charge in [0.1, 0.15) is 0 Å². The van der Waals surface area contributed by atoms with Crippen LogP contribution in [0.25, 0.3) is 0 Å². The van der Waals surface area contributed by atoms with E-state index in [4.69, 9.17) is 0 Å². The van der Waals surface area contributed by atoms with Crippen LogP contribution < -0.4 is 10.6 Å². The minimum Gasteiger partial charge on any atom is -0.355 e. The number of hydrogen-bond acceptors (Lipinski definition) is 3. The molecule has 102 valence electrons. The summed E-state index contributed by atoms with van der Waals surface area (Å²) < 4.78 is 0. The van der Waals surface area contributed by atoms with Crippen LogP contribution in [0.5, 0.6) is 0 Å². The molecule has 1 aromatic heterocycles. The van der Waals surface area contributed by atoms with Gasteiger partial charge in [0.05, 0.1) is 0 Å². The van der Waals surface area contributed by atoms with Gasteiger partial charge in [-0.15, -0.1) is 11.3 Å². The first-order valence-electron chi connectivity index (χ1n) is 6.49. The van der Waals surface area contributed by atoms with E-state index in [2.05, 4.69) is 42.0 Å². The zero-order valence-corrected chi connectivity index (χ0v) is 12.6. The van der Waals surface area contributed by atoms with E-state index in [-0.39, 0.29) is 17.2 Å². The fourth-order valence-electron chi connectivity index (χ4n) is 1.69. The van der Waals surface area contributed by atoms with Gasteiger partial charge in [0.25, 0.3) is 0 Å². The van der Waals surface area contributed by atoms with Crippen molar-refractivity contribution in [1.29, 1.82) is 0 Å². The van der Waals surface area contributed by atoms with Gasteiger partial charge in [-0.1, -0.05) is 33.8 Å². The van der Waals surface area contributed by atoms with Crippen LogP contribution in [-0.2, 0) is 10.2 Å². The number of carbonyl (C=O) groups excluding carboxylic acids is 1. The minimum absolute atomic E-state index is 0.00172. The lowest BCUT2D eigenvalue weighted by molar-refractivity contribution is -0.124. The third kappa shape index (κ3) is 4.42. The minimum atomic E-state index is 0.00172. The molecule has 1 heterocycles. The van der Waals surface area contributed by atoms with Crippen LogP contribution in [0.3, 0.4) is 0 Å².